The van der Waals surface area contributed by atoms with Gasteiger partial charge in [0.25, 0.3) is 0 Å². The molecule has 1 atom stereocenters. The minimum absolute atomic E-state index is 0.170. The summed E-state index contributed by atoms with van der Waals surface area (Å²) >= 11 is 0. The molecule has 0 radical (unpaired) electrons. The topological polar surface area (TPSA) is 55.8 Å². The molecule has 0 spiro atoms. The summed E-state index contributed by atoms with van der Waals surface area (Å²) in [5, 5.41) is 9.67. The lowest BCUT2D eigenvalue weighted by molar-refractivity contribution is -0.154. The summed E-state index contributed by atoms with van der Waals surface area (Å²) in [4.78, 5) is 12.3. The molecule has 0 aromatic heterocycles. The molecule has 1 N–H and O–H groups in total. The summed E-state index contributed by atoms with van der Waals surface area (Å²) in [5.74, 6) is -0.196. The smallest absolute Gasteiger partial charge is 0.306 e. The molecule has 0 saturated carbocycles. The van der Waals surface area contributed by atoms with Crippen molar-refractivity contribution in [2.45, 2.75) is 302 Å². The van der Waals surface area contributed by atoms with E-state index >= 15 is 0 Å². The monoisotopic (exact) mass is 857 g/mol. The predicted molar refractivity (Wildman–Crippen MR) is 270 cm³/mol. The Balaban J connectivity index is 3.38. The van der Waals surface area contributed by atoms with Gasteiger partial charge in [-0.1, -0.05) is 275 Å². The molecule has 0 saturated heterocycles. The van der Waals surface area contributed by atoms with Crippen molar-refractivity contribution in [3.8, 4) is 0 Å². The third-order valence-corrected chi connectivity index (χ3v) is 12.5. The zero-order chi connectivity index (χ0) is 44.0. The van der Waals surface area contributed by atoms with Crippen LogP contribution in [0.1, 0.15) is 296 Å². The summed E-state index contributed by atoms with van der Waals surface area (Å²) in [6.45, 7) is 5.37. The number of ether oxygens (including phenoxy) is 2. The number of rotatable bonds is 52. The number of aliphatic hydroxyl groups is 1. The van der Waals surface area contributed by atoms with Gasteiger partial charge in [0.2, 0.25) is 0 Å². The van der Waals surface area contributed by atoms with Crippen LogP contribution >= 0.6 is 0 Å². The molecular formula is C57H108O4. The maximum absolute atomic E-state index is 12.3. The Morgan fingerprint density at radius 3 is 1.03 bits per heavy atom. The minimum Gasteiger partial charge on any atom is -0.457 e. The Labute approximate surface area is 382 Å². The van der Waals surface area contributed by atoms with Crippen LogP contribution in [0, 0.1) is 0 Å². The molecule has 0 bridgehead atoms. The first kappa shape index (κ1) is 59.6. The molecule has 4 heteroatoms. The largest absolute Gasteiger partial charge is 0.457 e. The van der Waals surface area contributed by atoms with Crippen LogP contribution in [0.3, 0.4) is 0 Å². The van der Waals surface area contributed by atoms with Gasteiger partial charge in [-0.05, 0) is 51.4 Å². The summed E-state index contributed by atoms with van der Waals surface area (Å²) in [6, 6.07) is 0. The fourth-order valence-electron chi connectivity index (χ4n) is 8.34. The lowest BCUT2D eigenvalue weighted by Crippen LogP contribution is -2.27. The van der Waals surface area contributed by atoms with Gasteiger partial charge in [0.15, 0.2) is 0 Å². The molecule has 61 heavy (non-hydrogen) atoms. The molecule has 0 aromatic carbocycles. The average molecular weight is 857 g/mol. The maximum Gasteiger partial charge on any atom is 0.306 e. The van der Waals surface area contributed by atoms with Crippen molar-refractivity contribution in [1.29, 1.82) is 0 Å². The number of carbonyl (C=O) groups excluding carboxylic acids is 1. The zero-order valence-electron chi connectivity index (χ0n) is 41.4. The van der Waals surface area contributed by atoms with Gasteiger partial charge in [0.05, 0.1) is 13.2 Å². The van der Waals surface area contributed by atoms with Crippen LogP contribution in [0.25, 0.3) is 0 Å². The normalized spacial score (nSPS) is 12.5. The van der Waals surface area contributed by atoms with Gasteiger partial charge in [-0.3, -0.25) is 4.79 Å². The first-order valence-corrected chi connectivity index (χ1v) is 27.6. The Morgan fingerprint density at radius 1 is 0.393 bits per heavy atom. The highest BCUT2D eigenvalue weighted by Crippen LogP contribution is 2.17. The number of hydrogen-bond donors (Lipinski definition) is 1. The molecule has 0 aliphatic heterocycles. The third-order valence-electron chi connectivity index (χ3n) is 12.5. The van der Waals surface area contributed by atoms with Crippen LogP contribution in [-0.4, -0.2) is 37.0 Å². The van der Waals surface area contributed by atoms with Gasteiger partial charge >= 0.3 is 5.97 Å². The van der Waals surface area contributed by atoms with Crippen molar-refractivity contribution < 1.29 is 19.4 Å². The van der Waals surface area contributed by atoms with Gasteiger partial charge in [0, 0.05) is 13.0 Å². The lowest BCUT2D eigenvalue weighted by atomic mass is 10.0. The van der Waals surface area contributed by atoms with Crippen LogP contribution in [0.5, 0.6) is 0 Å². The predicted octanol–water partition coefficient (Wildman–Crippen LogP) is 18.8. The van der Waals surface area contributed by atoms with Crippen molar-refractivity contribution in [1.82, 2.24) is 0 Å². The molecule has 360 valence electrons. The summed E-state index contributed by atoms with van der Waals surface area (Å²) in [5.41, 5.74) is 0. The lowest BCUT2D eigenvalue weighted by Gasteiger charge is -2.16. The molecule has 0 aromatic rings. The number of carbonyl (C=O) groups is 1. The second-order valence-corrected chi connectivity index (χ2v) is 18.7. The molecule has 4 nitrogen and oxygen atoms in total. The van der Waals surface area contributed by atoms with E-state index in [1.807, 2.05) is 0 Å². The second kappa shape index (κ2) is 54.7. The van der Waals surface area contributed by atoms with E-state index in [2.05, 4.69) is 50.3 Å². The molecule has 0 aliphatic rings. The fourth-order valence-corrected chi connectivity index (χ4v) is 8.34. The Bertz CT molecular complexity index is 909. The molecule has 0 amide bonds. The summed E-state index contributed by atoms with van der Waals surface area (Å²) < 4.78 is 11.2. The van der Waals surface area contributed by atoms with Crippen molar-refractivity contribution in [2.75, 3.05) is 19.8 Å². The van der Waals surface area contributed by atoms with Gasteiger partial charge in [-0.15, -0.1) is 0 Å². The third kappa shape index (κ3) is 52.9. The van der Waals surface area contributed by atoms with Crippen LogP contribution < -0.4 is 0 Å². The number of allylic oxidation sites excluding steroid dienone is 6. The van der Waals surface area contributed by atoms with Crippen LogP contribution in [0.4, 0.5) is 0 Å². The van der Waals surface area contributed by atoms with Crippen LogP contribution in [0.15, 0.2) is 36.5 Å². The molecule has 0 aliphatic carbocycles. The van der Waals surface area contributed by atoms with E-state index in [1.165, 1.54) is 244 Å². The Kier molecular flexibility index (Phi) is 53.5. The number of unbranched alkanes of at least 4 members (excludes halogenated alkanes) is 38. The SMILES string of the molecule is CCCCCCC/C=C\C/C=C\C/C=C\CCCCCCCCCCCOCC(CO)OC(=O)CCCCCCCCCCCCCCCCCCCCCCCCCCC. The van der Waals surface area contributed by atoms with E-state index in [9.17, 15) is 9.90 Å². The van der Waals surface area contributed by atoms with E-state index < -0.39 is 6.10 Å². The number of aliphatic hydroxyl groups excluding tert-OH is 1. The van der Waals surface area contributed by atoms with E-state index in [0.29, 0.717) is 19.6 Å². The molecule has 0 fully saturated rings. The molecule has 1 unspecified atom stereocenters. The fraction of sp³-hybridized carbons (Fsp3) is 0.877. The standard InChI is InChI=1S/C57H108O4/c1-3-5-7-9-11-13-15-17-19-21-23-25-27-29-30-32-34-36-38-40-42-44-46-48-50-52-57(59)61-56(54-58)55-60-53-51-49-47-45-43-41-39-37-35-33-31-28-26-24-22-20-18-16-14-12-10-8-6-4-2/h16,18,22,24,28,31,56,58H,3-15,17,19-21,23,25-27,29-30,32-55H2,1-2H3/b18-16-,24-22-,31-28-. The first-order chi connectivity index (χ1) is 30.2. The highest BCUT2D eigenvalue weighted by molar-refractivity contribution is 5.69. The van der Waals surface area contributed by atoms with E-state index in [0.717, 1.165) is 32.1 Å². The quantitative estimate of drug-likeness (QED) is 0.0376. The minimum atomic E-state index is -0.536. The summed E-state index contributed by atoms with van der Waals surface area (Å²) in [7, 11) is 0. The maximum atomic E-state index is 12.3. The number of hydrogen-bond acceptors (Lipinski definition) is 4. The van der Waals surface area contributed by atoms with Crippen molar-refractivity contribution in [3.05, 3.63) is 36.5 Å². The van der Waals surface area contributed by atoms with Gasteiger partial charge in [-0.25, -0.2) is 0 Å². The van der Waals surface area contributed by atoms with Gasteiger partial charge in [-0.2, -0.15) is 0 Å². The van der Waals surface area contributed by atoms with E-state index in [4.69, 9.17) is 9.47 Å². The summed E-state index contributed by atoms with van der Waals surface area (Å²) in [6.07, 6.45) is 71.1. The molecule has 0 rings (SSSR count). The highest BCUT2D eigenvalue weighted by Gasteiger charge is 2.13. The molecular weight excluding hydrogens is 749 g/mol. The van der Waals surface area contributed by atoms with Gasteiger partial charge < -0.3 is 14.6 Å². The molecule has 0 heterocycles. The average Bonchev–Trinajstić information content (AvgIpc) is 3.27. The van der Waals surface area contributed by atoms with E-state index in [1.54, 1.807) is 0 Å². The van der Waals surface area contributed by atoms with Crippen molar-refractivity contribution in [3.63, 3.8) is 0 Å². The number of esters is 1. The van der Waals surface area contributed by atoms with Crippen molar-refractivity contribution in [2.24, 2.45) is 0 Å². The second-order valence-electron chi connectivity index (χ2n) is 18.7. The van der Waals surface area contributed by atoms with Crippen LogP contribution in [-0.2, 0) is 14.3 Å². The Hall–Kier alpha value is -1.39. The van der Waals surface area contributed by atoms with Crippen LogP contribution in [0.2, 0.25) is 0 Å². The highest BCUT2D eigenvalue weighted by atomic mass is 16.6. The Morgan fingerprint density at radius 2 is 0.689 bits per heavy atom. The van der Waals surface area contributed by atoms with E-state index in [-0.39, 0.29) is 12.6 Å². The van der Waals surface area contributed by atoms with Crippen molar-refractivity contribution >= 4 is 5.97 Å². The zero-order valence-corrected chi connectivity index (χ0v) is 41.4. The first-order valence-electron chi connectivity index (χ1n) is 27.6. The van der Waals surface area contributed by atoms with Gasteiger partial charge in [0.1, 0.15) is 6.10 Å².